The molecule has 0 bridgehead atoms. The van der Waals surface area contributed by atoms with Gasteiger partial charge in [0.05, 0.1) is 35.4 Å². The molecule has 2 saturated carbocycles. The van der Waals surface area contributed by atoms with Gasteiger partial charge >= 0.3 is 18.3 Å². The van der Waals surface area contributed by atoms with Crippen LogP contribution in [-0.4, -0.2) is 97.9 Å². The number of pyridine rings is 2. The quantitative estimate of drug-likeness (QED) is 0.104. The molecule has 19 nitrogen and oxygen atoms in total. The SMILES string of the molecule is CC(n1cnnc1-c1nc(N)cs1)C(F)(F)F.CC(n1cnnc1-c1nc(NC(=O)c2cc(-n3cnc(C4CC4)c3)ccn2)cs1)C(F)(F)F.O=C(O)c1cc(-n2cnc(C3CC3)c2)ccn1. The lowest BCUT2D eigenvalue weighted by Crippen LogP contribution is -2.23. The van der Waals surface area contributed by atoms with Crippen molar-refractivity contribution in [2.45, 2.75) is 75.8 Å². The van der Waals surface area contributed by atoms with Crippen LogP contribution in [0.2, 0.25) is 0 Å². The molecule has 27 heteroatoms. The fourth-order valence-electron chi connectivity index (χ4n) is 6.22. The van der Waals surface area contributed by atoms with E-state index >= 15 is 0 Å². The van der Waals surface area contributed by atoms with Gasteiger partial charge in [0.1, 0.15) is 47.8 Å². The van der Waals surface area contributed by atoms with E-state index in [-0.39, 0.29) is 39.7 Å². The van der Waals surface area contributed by atoms with Crippen LogP contribution in [0.15, 0.2) is 85.1 Å². The molecular formula is C40H36F6N16O3S2. The zero-order valence-electron chi connectivity index (χ0n) is 34.9. The Hall–Kier alpha value is -7.42. The number of carboxylic acids is 1. The zero-order chi connectivity index (χ0) is 47.6. The van der Waals surface area contributed by atoms with Crippen LogP contribution < -0.4 is 11.1 Å². The normalized spacial score (nSPS) is 14.6. The number of nitrogens with two attached hydrogens (primary N) is 1. The summed E-state index contributed by atoms with van der Waals surface area (Å²) < 4.78 is 82.6. The number of thiazole rings is 2. The monoisotopic (exact) mass is 966 g/mol. The van der Waals surface area contributed by atoms with Crippen molar-refractivity contribution in [3.05, 3.63) is 108 Å². The van der Waals surface area contributed by atoms with Crippen LogP contribution in [0.5, 0.6) is 0 Å². The summed E-state index contributed by atoms with van der Waals surface area (Å²) in [7, 11) is 0. The molecule has 4 N–H and O–H groups in total. The number of halogens is 6. The Morgan fingerprint density at radius 1 is 0.716 bits per heavy atom. The van der Waals surface area contributed by atoms with Crippen molar-refractivity contribution in [1.82, 2.24) is 68.6 Å². The number of nitrogens with zero attached hydrogens (tertiary/aromatic N) is 14. The summed E-state index contributed by atoms with van der Waals surface area (Å²) in [6.07, 6.45) is 8.24. The van der Waals surface area contributed by atoms with Crippen molar-refractivity contribution in [2.24, 2.45) is 0 Å². The maximum atomic E-state index is 13.1. The number of anilines is 2. The highest BCUT2D eigenvalue weighted by Gasteiger charge is 2.40. The summed E-state index contributed by atoms with van der Waals surface area (Å²) in [6, 6.07) is 3.18. The molecular weight excluding hydrogens is 931 g/mol. The van der Waals surface area contributed by atoms with Gasteiger partial charge < -0.3 is 25.3 Å². The summed E-state index contributed by atoms with van der Waals surface area (Å²) in [5.41, 5.74) is 9.25. The van der Waals surface area contributed by atoms with Gasteiger partial charge in [0.15, 0.2) is 21.7 Å². The molecule has 2 aliphatic carbocycles. The number of alkyl halides is 6. The fourth-order valence-corrected chi connectivity index (χ4v) is 7.65. The van der Waals surface area contributed by atoms with Crippen molar-refractivity contribution >= 4 is 46.2 Å². The van der Waals surface area contributed by atoms with Crippen LogP contribution in [0.1, 0.15) is 95.8 Å². The lowest BCUT2D eigenvalue weighted by Gasteiger charge is -2.17. The smallest absolute Gasteiger partial charge is 0.408 e. The number of hydrogen-bond acceptors (Lipinski definition) is 15. The van der Waals surface area contributed by atoms with E-state index in [1.807, 2.05) is 21.5 Å². The second-order valence-corrected chi connectivity index (χ2v) is 16.9. The second kappa shape index (κ2) is 18.8. The fraction of sp³-hybridized carbons (Fsp3) is 0.300. The second-order valence-electron chi connectivity index (χ2n) is 15.2. The van der Waals surface area contributed by atoms with E-state index in [2.05, 4.69) is 55.6 Å². The maximum absolute atomic E-state index is 13.1. The first-order valence-corrected chi connectivity index (χ1v) is 21.8. The van der Waals surface area contributed by atoms with E-state index in [1.54, 1.807) is 36.9 Å². The van der Waals surface area contributed by atoms with Crippen LogP contribution in [0.3, 0.4) is 0 Å². The number of nitrogens with one attached hydrogen (secondary N) is 1. The molecule has 348 valence electrons. The van der Waals surface area contributed by atoms with Gasteiger partial charge in [0, 0.05) is 47.4 Å². The van der Waals surface area contributed by atoms with Crippen LogP contribution in [-0.2, 0) is 0 Å². The van der Waals surface area contributed by atoms with Gasteiger partial charge in [-0.3, -0.25) is 18.9 Å². The Balaban J connectivity index is 0.000000150. The van der Waals surface area contributed by atoms with Gasteiger partial charge in [-0.15, -0.1) is 43.1 Å². The number of carboxylic acid groups (broad SMARTS) is 1. The summed E-state index contributed by atoms with van der Waals surface area (Å²) in [5, 5.41) is 29.5. The Morgan fingerprint density at radius 3 is 1.66 bits per heavy atom. The summed E-state index contributed by atoms with van der Waals surface area (Å²) in [6.45, 7) is 2.04. The van der Waals surface area contributed by atoms with Crippen LogP contribution in [0.25, 0.3) is 33.0 Å². The van der Waals surface area contributed by atoms with E-state index in [0.29, 0.717) is 16.8 Å². The van der Waals surface area contributed by atoms with Crippen LogP contribution in [0.4, 0.5) is 38.0 Å². The Labute approximate surface area is 382 Å². The number of aromatic nitrogens is 14. The first kappa shape index (κ1) is 46.1. The van der Waals surface area contributed by atoms with E-state index in [0.717, 1.165) is 93.9 Å². The van der Waals surface area contributed by atoms with Gasteiger partial charge in [0.25, 0.3) is 5.91 Å². The van der Waals surface area contributed by atoms with E-state index in [9.17, 15) is 35.9 Å². The van der Waals surface area contributed by atoms with E-state index < -0.39 is 36.3 Å². The highest BCUT2D eigenvalue weighted by molar-refractivity contribution is 7.13. The minimum Gasteiger partial charge on any atom is -0.477 e. The Morgan fingerprint density at radius 2 is 1.19 bits per heavy atom. The predicted octanol–water partition coefficient (Wildman–Crippen LogP) is 8.19. The molecule has 10 rings (SSSR count). The number of imidazole rings is 2. The zero-order valence-corrected chi connectivity index (χ0v) is 36.5. The molecule has 0 aliphatic heterocycles. The van der Waals surface area contributed by atoms with Gasteiger partial charge in [0.2, 0.25) is 0 Å². The molecule has 8 aromatic rings. The molecule has 0 saturated heterocycles. The molecule has 2 unspecified atom stereocenters. The van der Waals surface area contributed by atoms with E-state index in [4.69, 9.17) is 10.8 Å². The molecule has 8 heterocycles. The first-order chi connectivity index (χ1) is 31.9. The average molecular weight is 967 g/mol. The van der Waals surface area contributed by atoms with Crippen molar-refractivity contribution in [1.29, 1.82) is 0 Å². The molecule has 2 fully saturated rings. The number of hydrogen-bond donors (Lipinski definition) is 3. The van der Waals surface area contributed by atoms with Crippen LogP contribution >= 0.6 is 22.7 Å². The molecule has 0 aromatic carbocycles. The highest BCUT2D eigenvalue weighted by Crippen LogP contribution is 2.40. The third-order valence-electron chi connectivity index (χ3n) is 10.3. The summed E-state index contributed by atoms with van der Waals surface area (Å²) in [5.74, 6) is 0.0558. The molecule has 0 radical (unpaired) electrons. The standard InChI is InChI=1S/C20H17F3N8OS.C12H11N3O2.C8H8F3N5S/c1-11(20(21,22)23)31-10-26-29-17(31)19-28-16(8-33-19)27-18(32)14-6-13(4-5-24-14)30-7-15(25-9-30)12-2-3-12;16-12(17)10-5-9(3-4-13-10)15-6-11(14-7-15)8-1-2-8;1-4(8(9,10)11)16-3-13-15-6(16)7-14-5(12)2-17-7/h4-12H,2-3H2,1H3,(H,27,32);3-8H,1-2H2,(H,16,17);2-4H,12H2,1H3. The van der Waals surface area contributed by atoms with Gasteiger partial charge in [-0.25, -0.2) is 29.7 Å². The predicted molar refractivity (Wildman–Crippen MR) is 230 cm³/mol. The number of aromatic carboxylic acids is 1. The molecule has 67 heavy (non-hydrogen) atoms. The number of rotatable bonds is 11. The number of carbonyl (C=O) groups excluding carboxylic acids is 1. The topological polar surface area (TPSA) is 241 Å². The third kappa shape index (κ3) is 11.0. The van der Waals surface area contributed by atoms with Crippen molar-refractivity contribution < 1.29 is 41.0 Å². The molecule has 1 amide bonds. The summed E-state index contributed by atoms with van der Waals surface area (Å²) >= 11 is 2.17. The maximum Gasteiger partial charge on any atom is 0.408 e. The molecule has 2 aliphatic rings. The Kier molecular flexibility index (Phi) is 13.0. The third-order valence-corrected chi connectivity index (χ3v) is 12.0. The first-order valence-electron chi connectivity index (χ1n) is 20.1. The van der Waals surface area contributed by atoms with E-state index in [1.165, 1.54) is 36.0 Å². The summed E-state index contributed by atoms with van der Waals surface area (Å²) in [4.78, 5) is 48.3. The average Bonchev–Trinajstić information content (AvgIpc) is 3.78. The number of carbonyl (C=O) groups is 2. The molecule has 0 spiro atoms. The van der Waals surface area contributed by atoms with Crippen LogP contribution in [0, 0.1) is 0 Å². The minimum atomic E-state index is -4.46. The van der Waals surface area contributed by atoms with Crippen molar-refractivity contribution in [3.63, 3.8) is 0 Å². The lowest BCUT2D eigenvalue weighted by molar-refractivity contribution is -0.163. The van der Waals surface area contributed by atoms with Crippen molar-refractivity contribution in [2.75, 3.05) is 11.1 Å². The number of amides is 1. The van der Waals surface area contributed by atoms with Crippen molar-refractivity contribution in [3.8, 4) is 33.0 Å². The highest BCUT2D eigenvalue weighted by atomic mass is 32.1. The number of nitrogen functional groups attached to an aromatic ring is 1. The molecule has 8 aromatic heterocycles. The van der Waals surface area contributed by atoms with Gasteiger partial charge in [-0.2, -0.15) is 26.3 Å². The molecule has 2 atom stereocenters. The van der Waals surface area contributed by atoms with Gasteiger partial charge in [-0.05, 0) is 63.8 Å². The largest absolute Gasteiger partial charge is 0.477 e. The lowest BCUT2D eigenvalue weighted by atomic mass is 10.3. The minimum absolute atomic E-state index is 0.0305. The van der Waals surface area contributed by atoms with Gasteiger partial charge in [-0.1, -0.05) is 0 Å². The Bertz CT molecular complexity index is 3000.